The highest BCUT2D eigenvalue weighted by molar-refractivity contribution is 5.46. The molecule has 1 aromatic carbocycles. The molecular weight excluding hydrogens is 255 g/mol. The van der Waals surface area contributed by atoms with E-state index < -0.39 is 0 Å². The number of morpholine rings is 1. The summed E-state index contributed by atoms with van der Waals surface area (Å²) in [6.07, 6.45) is 3.60. The summed E-state index contributed by atoms with van der Waals surface area (Å²) < 4.78 is 19.2. The number of hydrogen-bond donors (Lipinski definition) is 2. The Balaban J connectivity index is 1.67. The molecule has 1 aliphatic heterocycles. The molecule has 3 atom stereocenters. The van der Waals surface area contributed by atoms with Crippen LogP contribution in [0.1, 0.15) is 24.8 Å². The van der Waals surface area contributed by atoms with Crippen LogP contribution in [0.5, 0.6) is 0 Å². The molecule has 2 N–H and O–H groups in total. The van der Waals surface area contributed by atoms with Crippen molar-refractivity contribution in [2.45, 2.75) is 38.3 Å². The zero-order chi connectivity index (χ0) is 13.9. The molecule has 2 aliphatic rings. The minimum Gasteiger partial charge on any atom is -0.382 e. The van der Waals surface area contributed by atoms with Crippen LogP contribution < -0.4 is 10.6 Å². The molecule has 0 radical (unpaired) electrons. The minimum absolute atomic E-state index is 0.135. The summed E-state index contributed by atoms with van der Waals surface area (Å²) in [4.78, 5) is 0. The van der Waals surface area contributed by atoms with Crippen LogP contribution in [0.4, 0.5) is 10.1 Å². The molecule has 110 valence electrons. The van der Waals surface area contributed by atoms with Gasteiger partial charge in [0.2, 0.25) is 0 Å². The third kappa shape index (κ3) is 2.96. The maximum atomic E-state index is 13.6. The van der Waals surface area contributed by atoms with Crippen molar-refractivity contribution >= 4 is 5.69 Å². The van der Waals surface area contributed by atoms with Crippen LogP contribution >= 0.6 is 0 Å². The third-order valence-electron chi connectivity index (χ3n) is 4.56. The molecule has 0 bridgehead atoms. The van der Waals surface area contributed by atoms with E-state index in [1.54, 1.807) is 13.0 Å². The van der Waals surface area contributed by atoms with Gasteiger partial charge in [-0.3, -0.25) is 0 Å². The first-order chi connectivity index (χ1) is 9.74. The number of rotatable bonds is 3. The van der Waals surface area contributed by atoms with Crippen LogP contribution in [-0.2, 0) is 4.74 Å². The van der Waals surface area contributed by atoms with Gasteiger partial charge in [-0.2, -0.15) is 0 Å². The minimum atomic E-state index is -0.135. The number of hydrogen-bond acceptors (Lipinski definition) is 3. The lowest BCUT2D eigenvalue weighted by Gasteiger charge is -2.33. The molecule has 1 aliphatic carbocycles. The Kier molecular flexibility index (Phi) is 4.22. The van der Waals surface area contributed by atoms with Crippen LogP contribution in [0, 0.1) is 18.7 Å². The van der Waals surface area contributed by atoms with E-state index in [4.69, 9.17) is 4.74 Å². The van der Waals surface area contributed by atoms with E-state index in [0.717, 1.165) is 31.9 Å². The standard InChI is InChI=1S/C16H23FN2O/c1-11-5-6-12(9-14(11)17)19-15-4-2-3-13(15)16-10-20-8-7-18-16/h5-6,9,13,15-16,18-19H,2-4,7-8,10H2,1H3. The van der Waals surface area contributed by atoms with Gasteiger partial charge >= 0.3 is 0 Å². The lowest BCUT2D eigenvalue weighted by molar-refractivity contribution is 0.0559. The molecule has 2 fully saturated rings. The van der Waals surface area contributed by atoms with Gasteiger partial charge in [0.25, 0.3) is 0 Å². The average molecular weight is 278 g/mol. The van der Waals surface area contributed by atoms with Crippen molar-refractivity contribution in [3.05, 3.63) is 29.6 Å². The highest BCUT2D eigenvalue weighted by atomic mass is 19.1. The zero-order valence-corrected chi connectivity index (χ0v) is 12.0. The van der Waals surface area contributed by atoms with Crippen molar-refractivity contribution in [2.75, 3.05) is 25.1 Å². The smallest absolute Gasteiger partial charge is 0.128 e. The Morgan fingerprint density at radius 2 is 2.25 bits per heavy atom. The van der Waals surface area contributed by atoms with E-state index in [9.17, 15) is 4.39 Å². The molecule has 1 saturated heterocycles. The van der Waals surface area contributed by atoms with Crippen LogP contribution in [0.25, 0.3) is 0 Å². The van der Waals surface area contributed by atoms with Crippen molar-refractivity contribution in [1.82, 2.24) is 5.32 Å². The summed E-state index contributed by atoms with van der Waals surface area (Å²) in [5.74, 6) is 0.434. The van der Waals surface area contributed by atoms with Crippen molar-refractivity contribution in [3.8, 4) is 0 Å². The Morgan fingerprint density at radius 1 is 1.35 bits per heavy atom. The van der Waals surface area contributed by atoms with Gasteiger partial charge in [0, 0.05) is 24.3 Å². The zero-order valence-electron chi connectivity index (χ0n) is 12.0. The summed E-state index contributed by atoms with van der Waals surface area (Å²) in [5, 5.41) is 7.08. The van der Waals surface area contributed by atoms with E-state index >= 15 is 0 Å². The SMILES string of the molecule is Cc1ccc(NC2CCCC2C2COCCN2)cc1F. The van der Waals surface area contributed by atoms with Gasteiger partial charge in [-0.25, -0.2) is 4.39 Å². The number of nitrogens with one attached hydrogen (secondary N) is 2. The van der Waals surface area contributed by atoms with E-state index in [2.05, 4.69) is 10.6 Å². The lowest BCUT2D eigenvalue weighted by atomic mass is 9.93. The largest absolute Gasteiger partial charge is 0.382 e. The summed E-state index contributed by atoms with van der Waals surface area (Å²) in [5.41, 5.74) is 1.59. The Morgan fingerprint density at radius 3 is 3.00 bits per heavy atom. The van der Waals surface area contributed by atoms with Crippen LogP contribution in [0.15, 0.2) is 18.2 Å². The van der Waals surface area contributed by atoms with Crippen molar-refractivity contribution in [2.24, 2.45) is 5.92 Å². The predicted molar refractivity (Wildman–Crippen MR) is 78.5 cm³/mol. The van der Waals surface area contributed by atoms with Crippen molar-refractivity contribution in [3.63, 3.8) is 0 Å². The first-order valence-corrected chi connectivity index (χ1v) is 7.58. The molecular formula is C16H23FN2O. The normalized spacial score (nSPS) is 30.4. The molecule has 1 aromatic rings. The topological polar surface area (TPSA) is 33.3 Å². The second-order valence-electron chi connectivity index (χ2n) is 5.95. The maximum Gasteiger partial charge on any atom is 0.128 e. The van der Waals surface area contributed by atoms with Crippen molar-refractivity contribution in [1.29, 1.82) is 0 Å². The van der Waals surface area contributed by atoms with Gasteiger partial charge in [0.1, 0.15) is 5.82 Å². The first kappa shape index (κ1) is 13.8. The van der Waals surface area contributed by atoms with Gasteiger partial charge in [-0.1, -0.05) is 12.5 Å². The third-order valence-corrected chi connectivity index (χ3v) is 4.56. The molecule has 3 rings (SSSR count). The second-order valence-corrected chi connectivity index (χ2v) is 5.95. The molecule has 0 amide bonds. The van der Waals surface area contributed by atoms with E-state index in [1.807, 2.05) is 12.1 Å². The quantitative estimate of drug-likeness (QED) is 0.892. The number of ether oxygens (including phenoxy) is 1. The van der Waals surface area contributed by atoms with Gasteiger partial charge < -0.3 is 15.4 Å². The summed E-state index contributed by atoms with van der Waals surface area (Å²) in [6.45, 7) is 4.34. The molecule has 3 nitrogen and oxygen atoms in total. The number of halogens is 1. The maximum absolute atomic E-state index is 13.6. The Bertz CT molecular complexity index is 460. The first-order valence-electron chi connectivity index (χ1n) is 7.58. The summed E-state index contributed by atoms with van der Waals surface area (Å²) >= 11 is 0. The van der Waals surface area contributed by atoms with Crippen LogP contribution in [0.3, 0.4) is 0 Å². The second kappa shape index (κ2) is 6.10. The fourth-order valence-electron chi connectivity index (χ4n) is 3.41. The Labute approximate surface area is 119 Å². The summed E-state index contributed by atoms with van der Waals surface area (Å²) in [7, 11) is 0. The number of benzene rings is 1. The number of anilines is 1. The highest BCUT2D eigenvalue weighted by Gasteiger charge is 2.34. The molecule has 4 heteroatoms. The van der Waals surface area contributed by atoms with E-state index in [0.29, 0.717) is 23.6 Å². The van der Waals surface area contributed by atoms with Crippen LogP contribution in [0.2, 0.25) is 0 Å². The van der Waals surface area contributed by atoms with Gasteiger partial charge in [0.15, 0.2) is 0 Å². The van der Waals surface area contributed by atoms with Gasteiger partial charge in [-0.15, -0.1) is 0 Å². The fraction of sp³-hybridized carbons (Fsp3) is 0.625. The monoisotopic (exact) mass is 278 g/mol. The molecule has 0 spiro atoms. The molecule has 0 aromatic heterocycles. The van der Waals surface area contributed by atoms with Gasteiger partial charge in [-0.05, 0) is 43.4 Å². The highest BCUT2D eigenvalue weighted by Crippen LogP contribution is 2.32. The number of aryl methyl sites for hydroxylation is 1. The fourth-order valence-corrected chi connectivity index (χ4v) is 3.41. The van der Waals surface area contributed by atoms with Crippen molar-refractivity contribution < 1.29 is 9.13 Å². The lowest BCUT2D eigenvalue weighted by Crippen LogP contribution is -2.49. The predicted octanol–water partition coefficient (Wildman–Crippen LogP) is 2.70. The van der Waals surface area contributed by atoms with Crippen LogP contribution in [-0.4, -0.2) is 31.8 Å². The molecule has 3 unspecified atom stereocenters. The van der Waals surface area contributed by atoms with E-state index in [-0.39, 0.29) is 5.82 Å². The van der Waals surface area contributed by atoms with Gasteiger partial charge in [0.05, 0.1) is 13.2 Å². The molecule has 1 saturated carbocycles. The average Bonchev–Trinajstić information content (AvgIpc) is 2.92. The molecule has 20 heavy (non-hydrogen) atoms. The summed E-state index contributed by atoms with van der Waals surface area (Å²) in [6, 6.07) is 6.26. The molecule has 1 heterocycles. The Hall–Kier alpha value is -1.13. The van der Waals surface area contributed by atoms with E-state index in [1.165, 1.54) is 12.8 Å².